The van der Waals surface area contributed by atoms with Crippen molar-refractivity contribution in [3.8, 4) is 0 Å². The molecule has 0 aromatic rings. The molecule has 23 nitrogen and oxygen atoms in total. The van der Waals surface area contributed by atoms with Crippen LogP contribution >= 0.6 is 0 Å². The number of Topliss-reactive ketones (excluding diaryl/α,β-unsaturated/α-hetero) is 1. The molecule has 5 amide bonds. The molecule has 5 heterocycles. The molecule has 5 saturated heterocycles. The van der Waals surface area contributed by atoms with Gasteiger partial charge in [-0.3, -0.25) is 43.2 Å². The number of methoxy groups -OCH3 is 2. The van der Waals surface area contributed by atoms with Gasteiger partial charge in [0.15, 0.2) is 0 Å². The summed E-state index contributed by atoms with van der Waals surface area (Å²) in [5.41, 5.74) is 0. The zero-order chi connectivity index (χ0) is 62.7. The van der Waals surface area contributed by atoms with E-state index in [2.05, 4.69) is 16.9 Å². The Hall–Kier alpha value is -4.37. The number of cyclic esters (lactones) is 3. The number of rotatable bonds is 8. The molecule has 0 aromatic heterocycles. The van der Waals surface area contributed by atoms with E-state index in [-0.39, 0.29) is 85.1 Å². The van der Waals surface area contributed by atoms with E-state index in [1.165, 1.54) is 59.6 Å². The Morgan fingerprint density at radius 1 is 0.600 bits per heavy atom. The molecule has 470 valence electrons. The predicted molar refractivity (Wildman–Crippen MR) is 304 cm³/mol. The van der Waals surface area contributed by atoms with Crippen LogP contribution in [-0.2, 0) is 81.0 Å². The summed E-state index contributed by atoms with van der Waals surface area (Å²) in [6, 6.07) is 0.0185. The van der Waals surface area contributed by atoms with Crippen molar-refractivity contribution in [2.24, 2.45) is 0 Å². The SMILES string of the molecule is C1CCOC1.CC(=O)N(C)C.CN(C)C(=O)N(C)C.CN(C)C=O.CN1CCCC1=O.COC(C)CCOC(C)=O.COCC(C)OC(C)=O.O=C1CCCCC1.O=C1CCCCCO1.O=C1CCCCO1.O=C1CCCO1.[3H][CH2-].[U]. The molecule has 1 aliphatic carbocycles. The van der Waals surface area contributed by atoms with Crippen molar-refractivity contribution in [1.29, 1.82) is 0 Å². The molecule has 80 heavy (non-hydrogen) atoms. The van der Waals surface area contributed by atoms with E-state index in [9.17, 15) is 47.9 Å². The molecule has 0 bridgehead atoms. The largest absolute Gasteiger partial charge is 0.466 e. The van der Waals surface area contributed by atoms with Crippen LogP contribution < -0.4 is 0 Å². The number of nitrogens with zero attached hydrogens (tertiary/aromatic N) is 5. The van der Waals surface area contributed by atoms with Crippen molar-refractivity contribution in [2.45, 2.75) is 169 Å². The summed E-state index contributed by atoms with van der Waals surface area (Å²) < 4.78 is 43.5. The summed E-state index contributed by atoms with van der Waals surface area (Å²) in [7, 11) is 21.3. The molecule has 5 aliphatic heterocycles. The molecule has 0 spiro atoms. The maximum Gasteiger partial charge on any atom is 0.318 e. The third kappa shape index (κ3) is 75.7. The van der Waals surface area contributed by atoms with Gasteiger partial charge in [0.05, 0.1) is 39.1 Å². The monoisotopic (exact) mass is 1380 g/mol. The van der Waals surface area contributed by atoms with Crippen molar-refractivity contribution in [1.82, 2.24) is 24.5 Å². The first-order valence-corrected chi connectivity index (χ1v) is 27.0. The fourth-order valence-corrected chi connectivity index (χ4v) is 5.59. The smallest absolute Gasteiger partial charge is 0.318 e. The van der Waals surface area contributed by atoms with Gasteiger partial charge in [-0.2, -0.15) is 0 Å². The quantitative estimate of drug-likeness (QED) is 0.105. The van der Waals surface area contributed by atoms with Gasteiger partial charge in [-0.25, -0.2) is 6.17 Å². The molecule has 24 heteroatoms. The zero-order valence-electron chi connectivity index (χ0n) is 53.1. The van der Waals surface area contributed by atoms with E-state index in [1.807, 2.05) is 14.0 Å². The fraction of sp³-hybridized carbons (Fsp3) is 0.804. The summed E-state index contributed by atoms with van der Waals surface area (Å²) in [6.07, 6.45) is 19.2. The Morgan fingerprint density at radius 3 is 1.25 bits per heavy atom. The predicted octanol–water partition coefficient (Wildman–Crippen LogP) is 6.73. The van der Waals surface area contributed by atoms with Crippen molar-refractivity contribution < 1.29 is 118 Å². The van der Waals surface area contributed by atoms with Crippen LogP contribution in [0.5, 0.6) is 0 Å². The van der Waals surface area contributed by atoms with Gasteiger partial charge >= 0.3 is 35.9 Å². The van der Waals surface area contributed by atoms with Crippen LogP contribution in [0.15, 0.2) is 0 Å². The van der Waals surface area contributed by atoms with E-state index >= 15 is 0 Å². The van der Waals surface area contributed by atoms with Crippen LogP contribution in [0.2, 0.25) is 0 Å². The third-order valence-corrected chi connectivity index (χ3v) is 10.3. The number of carbonyl (C=O) groups is 10. The Balaban J connectivity index is -0.000000149. The van der Waals surface area contributed by atoms with Gasteiger partial charge in [0.1, 0.15) is 11.9 Å². The van der Waals surface area contributed by atoms with Crippen LogP contribution in [0.4, 0.5) is 4.79 Å². The summed E-state index contributed by atoms with van der Waals surface area (Å²) in [5, 5.41) is 0. The van der Waals surface area contributed by atoms with E-state index in [1.54, 1.807) is 82.4 Å². The number of hydrogen-bond acceptors (Lipinski definition) is 18. The van der Waals surface area contributed by atoms with Crippen LogP contribution in [0.25, 0.3) is 0 Å². The van der Waals surface area contributed by atoms with Gasteiger partial charge in [0.25, 0.3) is 0 Å². The molecular weight excluding hydrogens is 1270 g/mol. The Labute approximate surface area is 506 Å². The number of esters is 5. The first-order chi connectivity index (χ1) is 37.7. The topological polar surface area (TPSA) is 261 Å². The van der Waals surface area contributed by atoms with Crippen LogP contribution in [0.1, 0.15) is 158 Å². The second kappa shape index (κ2) is 63.8. The average molecular weight is 1380 g/mol. The summed E-state index contributed by atoms with van der Waals surface area (Å²) >= 11 is 0. The maximum atomic E-state index is 10.7. The van der Waals surface area contributed by atoms with Crippen LogP contribution in [0, 0.1) is 38.5 Å². The third-order valence-electron chi connectivity index (χ3n) is 10.3. The summed E-state index contributed by atoms with van der Waals surface area (Å²) in [5.74, 6) is 0.243. The first-order valence-electron chi connectivity index (χ1n) is 27.7. The van der Waals surface area contributed by atoms with Crippen molar-refractivity contribution in [3.63, 3.8) is 0 Å². The van der Waals surface area contributed by atoms with Gasteiger partial charge in [0, 0.05) is 194 Å². The molecule has 6 fully saturated rings. The first kappa shape index (κ1) is 86.9. The van der Waals surface area contributed by atoms with E-state index in [0.29, 0.717) is 64.0 Å². The van der Waals surface area contributed by atoms with Gasteiger partial charge in [-0.1, -0.05) is 6.42 Å². The second-order valence-electron chi connectivity index (χ2n) is 19.0. The molecular formula is C56H108N5O18U-. The van der Waals surface area contributed by atoms with Crippen molar-refractivity contribution in [2.75, 3.05) is 130 Å². The summed E-state index contributed by atoms with van der Waals surface area (Å²) in [4.78, 5) is 110. The van der Waals surface area contributed by atoms with Crippen LogP contribution in [-0.4, -0.2) is 227 Å². The number of carbonyl (C=O) groups excluding carboxylic acids is 10. The maximum absolute atomic E-state index is 10.7. The molecule has 6 rings (SSSR count). The van der Waals surface area contributed by atoms with Crippen molar-refractivity contribution >= 4 is 59.9 Å². The molecule has 1 saturated carbocycles. The van der Waals surface area contributed by atoms with E-state index in [4.69, 9.17) is 29.8 Å². The van der Waals surface area contributed by atoms with E-state index in [0.717, 1.165) is 110 Å². The van der Waals surface area contributed by atoms with Gasteiger partial charge in [0.2, 0.25) is 18.2 Å². The minimum Gasteiger partial charge on any atom is -0.466 e. The fourth-order valence-electron chi connectivity index (χ4n) is 5.59. The zero-order valence-corrected chi connectivity index (χ0v) is 56.3. The Bertz CT molecular complexity index is 1520. The standard InChI is InChI=1S/C7H14O3.C6H12O3.C6H10O2.C6H10O.C5H12N2O.C5H9NO.C5H8O2.C4H9NO.C4H6O2.C4H8O.C3H7NO.CH3.U/c1-6(9-3)4-5-10-7(2)8;1-5(4-8-3)9-6(2)7;7-6-4-2-1-3-5-8-6;7-6-4-2-1-3-5-6;1-6(2)5(8)7(3)4;1-6-4-2-3-5(6)7;6-5-3-1-2-4-7-5;1-4(6)5(2)3;5-4-2-1-3-6-4;1-2-4-5-3-1;1-4(2)3-5;;/h6H,4-5H2,1-3H3;5H,4H2,1-3H3;1-5H2;1-5H2;1-4H3;2-4H2,1H3;1-4H2;1-3H3;1-3H2;1-4H2;3H,1-2H3;1H3;/q;;;;;;;;;;;-1;/i;;;;;;;;;;;1T;. The Kier molecular flexibility index (Phi) is 69.3. The minimum atomic E-state index is -0.264. The number of amides is 5. The number of hydrogen-bond donors (Lipinski definition) is 0. The average Bonchev–Trinajstić information content (AvgIpc) is 4.21. The van der Waals surface area contributed by atoms with Gasteiger partial charge < -0.3 is 69.8 Å². The molecule has 0 radical (unpaired) electrons. The van der Waals surface area contributed by atoms with E-state index < -0.39 is 0 Å². The number of likely N-dealkylation sites (tertiary alicyclic amines) is 1. The molecule has 6 aliphatic rings. The molecule has 0 N–H and O–H groups in total. The summed E-state index contributed by atoms with van der Waals surface area (Å²) in [6.45, 7) is 13.8. The Morgan fingerprint density at radius 2 is 1.00 bits per heavy atom. The minimum absolute atomic E-state index is 0. The molecule has 0 aromatic carbocycles. The second-order valence-corrected chi connectivity index (χ2v) is 19.0. The number of urea groups is 1. The van der Waals surface area contributed by atoms with Crippen LogP contribution in [0.3, 0.4) is 0 Å². The molecule has 2 unspecified atom stereocenters. The van der Waals surface area contributed by atoms with Gasteiger partial charge in [-0.05, 0) is 84.5 Å². The number of ether oxygens (including phenoxy) is 8. The molecule has 2 atom stereocenters. The number of ketones is 1. The normalized spacial score (nSPS) is 15.9. The van der Waals surface area contributed by atoms with Crippen molar-refractivity contribution in [3.05, 3.63) is 7.40 Å². The van der Waals surface area contributed by atoms with Gasteiger partial charge in [-0.15, -0.1) is 0 Å².